The van der Waals surface area contributed by atoms with Gasteiger partial charge >= 0.3 is 11.8 Å². The summed E-state index contributed by atoms with van der Waals surface area (Å²) in [4.78, 5) is 32.3. The van der Waals surface area contributed by atoms with Gasteiger partial charge in [0.05, 0.1) is 11.5 Å². The molecule has 8 nitrogen and oxygen atoms in total. The molecule has 1 fully saturated rings. The van der Waals surface area contributed by atoms with Gasteiger partial charge in [-0.2, -0.15) is 0 Å². The fourth-order valence-corrected chi connectivity index (χ4v) is 4.42. The van der Waals surface area contributed by atoms with Gasteiger partial charge in [-0.05, 0) is 39.1 Å². The number of hydrogen-bond donors (Lipinski definition) is 1. The molecule has 1 unspecified atom stereocenters. The summed E-state index contributed by atoms with van der Waals surface area (Å²) >= 11 is 0. The molecule has 1 N–H and O–H groups in total. The molecule has 0 aliphatic carbocycles. The number of nitrogens with one attached hydrogen (secondary N) is 1. The lowest BCUT2D eigenvalue weighted by atomic mass is 10.2. The maximum absolute atomic E-state index is 12.6. The molecule has 1 aliphatic heterocycles. The fourth-order valence-electron chi connectivity index (χ4n) is 2.69. The smallest absolute Gasteiger partial charge is 0.315 e. The molecule has 2 amide bonds. The summed E-state index contributed by atoms with van der Waals surface area (Å²) in [7, 11) is 0.550. The summed E-state index contributed by atoms with van der Waals surface area (Å²) in [6.45, 7) is 2.61. The summed E-state index contributed by atoms with van der Waals surface area (Å²) in [6.07, 6.45) is 1.89. The summed E-state index contributed by atoms with van der Waals surface area (Å²) in [5.74, 6) is -1.25. The van der Waals surface area contributed by atoms with Crippen molar-refractivity contribution in [1.29, 1.82) is 0 Å². The van der Waals surface area contributed by atoms with Crippen molar-refractivity contribution in [1.82, 2.24) is 14.8 Å². The van der Waals surface area contributed by atoms with Gasteiger partial charge in [0.15, 0.2) is 9.84 Å². The van der Waals surface area contributed by atoms with Crippen molar-refractivity contribution >= 4 is 27.5 Å². The minimum atomic E-state index is -3.16. The zero-order valence-electron chi connectivity index (χ0n) is 14.7. The average Bonchev–Trinajstić information content (AvgIpc) is 2.89. The van der Waals surface area contributed by atoms with E-state index in [1.807, 2.05) is 19.0 Å². The standard InChI is InChI=1S/C16H24N4O4S/c1-12-5-4-7-17-14(12)18-15(21)16(22)20(9-8-19(2)3)13-6-10-25(23,24)11-13/h4-5,7,13H,6,8-11H2,1-3H3,(H,17,18,21). The number of hydrogen-bond acceptors (Lipinski definition) is 6. The quantitative estimate of drug-likeness (QED) is 0.729. The Kier molecular flexibility index (Phi) is 6.12. The Morgan fingerprint density at radius 2 is 2.04 bits per heavy atom. The fraction of sp³-hybridized carbons (Fsp3) is 0.562. The molecule has 1 aliphatic rings. The number of aryl methyl sites for hydroxylation is 1. The first-order valence-electron chi connectivity index (χ1n) is 8.08. The van der Waals surface area contributed by atoms with Gasteiger partial charge in [-0.1, -0.05) is 6.07 Å². The number of aromatic nitrogens is 1. The Labute approximate surface area is 148 Å². The zero-order chi connectivity index (χ0) is 18.6. The molecule has 0 spiro atoms. The van der Waals surface area contributed by atoms with Gasteiger partial charge in [-0.3, -0.25) is 9.59 Å². The van der Waals surface area contributed by atoms with E-state index in [-0.39, 0.29) is 11.5 Å². The van der Waals surface area contributed by atoms with E-state index >= 15 is 0 Å². The van der Waals surface area contributed by atoms with E-state index in [9.17, 15) is 18.0 Å². The SMILES string of the molecule is Cc1cccnc1NC(=O)C(=O)N(CCN(C)C)C1CCS(=O)(=O)C1. The number of nitrogens with zero attached hydrogens (tertiary/aromatic N) is 3. The molecule has 25 heavy (non-hydrogen) atoms. The predicted octanol–water partition coefficient (Wildman–Crippen LogP) is -0.0942. The Balaban J connectivity index is 2.13. The van der Waals surface area contributed by atoms with E-state index < -0.39 is 27.7 Å². The normalized spacial score (nSPS) is 19.0. The lowest BCUT2D eigenvalue weighted by Gasteiger charge is -2.28. The first kappa shape index (κ1) is 19.3. The topological polar surface area (TPSA) is 99.7 Å². The van der Waals surface area contributed by atoms with E-state index in [0.717, 1.165) is 5.56 Å². The average molecular weight is 368 g/mol. The highest BCUT2D eigenvalue weighted by atomic mass is 32.2. The third kappa shape index (κ3) is 5.23. The number of anilines is 1. The Hall–Kier alpha value is -2.00. The van der Waals surface area contributed by atoms with Crippen LogP contribution in [0.3, 0.4) is 0 Å². The molecule has 2 rings (SSSR count). The highest BCUT2D eigenvalue weighted by Crippen LogP contribution is 2.18. The third-order valence-electron chi connectivity index (χ3n) is 4.13. The van der Waals surface area contributed by atoms with Crippen LogP contribution in [0.2, 0.25) is 0 Å². The zero-order valence-corrected chi connectivity index (χ0v) is 15.5. The largest absolute Gasteiger partial charge is 0.329 e. The van der Waals surface area contributed by atoms with Crippen molar-refractivity contribution in [2.24, 2.45) is 0 Å². The second-order valence-corrected chi connectivity index (χ2v) is 8.71. The van der Waals surface area contributed by atoms with Crippen molar-refractivity contribution in [3.05, 3.63) is 23.9 Å². The summed E-state index contributed by atoms with van der Waals surface area (Å²) in [5, 5.41) is 2.52. The van der Waals surface area contributed by atoms with Crippen LogP contribution in [0.1, 0.15) is 12.0 Å². The number of carbonyl (C=O) groups is 2. The van der Waals surface area contributed by atoms with Crippen LogP contribution >= 0.6 is 0 Å². The molecular formula is C16H24N4O4S. The summed E-state index contributed by atoms with van der Waals surface area (Å²) < 4.78 is 23.5. The molecule has 0 radical (unpaired) electrons. The van der Waals surface area contributed by atoms with Crippen LogP contribution in [-0.2, 0) is 19.4 Å². The molecule has 2 heterocycles. The molecule has 1 aromatic rings. The maximum atomic E-state index is 12.6. The number of sulfone groups is 1. The Morgan fingerprint density at radius 3 is 2.60 bits per heavy atom. The van der Waals surface area contributed by atoms with Gasteiger partial charge in [0.1, 0.15) is 5.82 Å². The van der Waals surface area contributed by atoms with Crippen LogP contribution in [0.5, 0.6) is 0 Å². The number of rotatable bonds is 5. The minimum Gasteiger partial charge on any atom is -0.329 e. The lowest BCUT2D eigenvalue weighted by Crippen LogP contribution is -2.49. The van der Waals surface area contributed by atoms with Gasteiger partial charge in [0.25, 0.3) is 0 Å². The van der Waals surface area contributed by atoms with Crippen molar-refractivity contribution in [3.63, 3.8) is 0 Å². The number of carbonyl (C=O) groups excluding carboxylic acids is 2. The first-order valence-corrected chi connectivity index (χ1v) is 9.90. The van der Waals surface area contributed by atoms with Gasteiger partial charge in [-0.25, -0.2) is 13.4 Å². The van der Waals surface area contributed by atoms with Crippen LogP contribution in [0.15, 0.2) is 18.3 Å². The van der Waals surface area contributed by atoms with E-state index in [1.165, 1.54) is 11.1 Å². The highest BCUT2D eigenvalue weighted by Gasteiger charge is 2.36. The molecule has 9 heteroatoms. The van der Waals surface area contributed by atoms with Crippen LogP contribution in [0, 0.1) is 6.92 Å². The number of amides is 2. The molecule has 0 saturated carbocycles. The van der Waals surface area contributed by atoms with E-state index in [2.05, 4.69) is 10.3 Å². The molecular weight excluding hydrogens is 344 g/mol. The molecule has 138 valence electrons. The van der Waals surface area contributed by atoms with E-state index in [1.54, 1.807) is 19.1 Å². The van der Waals surface area contributed by atoms with Crippen molar-refractivity contribution in [2.45, 2.75) is 19.4 Å². The second kappa shape index (κ2) is 7.92. The van der Waals surface area contributed by atoms with Crippen molar-refractivity contribution < 1.29 is 18.0 Å². The molecule has 1 atom stereocenters. The molecule has 0 bridgehead atoms. The summed E-state index contributed by atoms with van der Waals surface area (Å²) in [6, 6.07) is 3.05. The van der Waals surface area contributed by atoms with Crippen LogP contribution in [0.25, 0.3) is 0 Å². The van der Waals surface area contributed by atoms with E-state index in [4.69, 9.17) is 0 Å². The van der Waals surface area contributed by atoms with Crippen LogP contribution in [-0.4, -0.2) is 79.7 Å². The van der Waals surface area contributed by atoms with Crippen LogP contribution in [0.4, 0.5) is 5.82 Å². The number of likely N-dealkylation sites (N-methyl/N-ethyl adjacent to an activating group) is 1. The van der Waals surface area contributed by atoms with E-state index in [0.29, 0.717) is 25.3 Å². The second-order valence-electron chi connectivity index (χ2n) is 6.48. The van der Waals surface area contributed by atoms with Gasteiger partial charge in [0, 0.05) is 25.3 Å². The van der Waals surface area contributed by atoms with Gasteiger partial charge in [-0.15, -0.1) is 0 Å². The number of pyridine rings is 1. The highest BCUT2D eigenvalue weighted by molar-refractivity contribution is 7.91. The van der Waals surface area contributed by atoms with Crippen molar-refractivity contribution in [3.8, 4) is 0 Å². The van der Waals surface area contributed by atoms with Crippen molar-refractivity contribution in [2.75, 3.05) is 44.0 Å². The lowest BCUT2D eigenvalue weighted by molar-refractivity contribution is -0.144. The third-order valence-corrected chi connectivity index (χ3v) is 5.88. The first-order chi connectivity index (χ1) is 11.7. The molecule has 1 aromatic heterocycles. The molecule has 1 saturated heterocycles. The molecule has 0 aromatic carbocycles. The summed E-state index contributed by atoms with van der Waals surface area (Å²) in [5.41, 5.74) is 0.743. The Morgan fingerprint density at radius 1 is 1.32 bits per heavy atom. The van der Waals surface area contributed by atoms with Gasteiger partial charge < -0.3 is 15.1 Å². The monoisotopic (exact) mass is 368 g/mol. The Bertz CT molecular complexity index is 748. The predicted molar refractivity (Wildman–Crippen MR) is 94.9 cm³/mol. The van der Waals surface area contributed by atoms with Crippen LogP contribution < -0.4 is 5.32 Å². The van der Waals surface area contributed by atoms with Gasteiger partial charge in [0.2, 0.25) is 0 Å². The minimum absolute atomic E-state index is 0.0460. The maximum Gasteiger partial charge on any atom is 0.315 e.